The van der Waals surface area contributed by atoms with Crippen molar-refractivity contribution in [1.29, 1.82) is 0 Å². The first-order valence-corrected chi connectivity index (χ1v) is 8.79. The molecule has 0 spiro atoms. The van der Waals surface area contributed by atoms with Crippen LogP contribution in [0, 0.1) is 5.41 Å². The summed E-state index contributed by atoms with van der Waals surface area (Å²) in [5, 5.41) is 0. The Kier molecular flexibility index (Phi) is 5.60. The lowest BCUT2D eigenvalue weighted by molar-refractivity contribution is -0.140. The molecule has 5 heteroatoms. The summed E-state index contributed by atoms with van der Waals surface area (Å²) >= 11 is 5.20. The molecule has 2 rings (SSSR count). The number of amides is 1. The summed E-state index contributed by atoms with van der Waals surface area (Å²) in [5.74, 6) is 0.145. The maximum absolute atomic E-state index is 12.9. The molecule has 0 aromatic rings. The number of piperazine rings is 1. The molecule has 0 aromatic carbocycles. The van der Waals surface area contributed by atoms with Crippen molar-refractivity contribution < 1.29 is 4.79 Å². The first kappa shape index (κ1) is 16.7. The van der Waals surface area contributed by atoms with Gasteiger partial charge in [0.05, 0.1) is 10.4 Å². The molecular formula is C16H29N3OS. The monoisotopic (exact) mass is 311 g/mol. The Morgan fingerprint density at radius 1 is 1.14 bits per heavy atom. The number of thiocarbonyl (C=S) groups is 1. The van der Waals surface area contributed by atoms with Gasteiger partial charge in [-0.3, -0.25) is 9.69 Å². The quantitative estimate of drug-likeness (QED) is 0.791. The van der Waals surface area contributed by atoms with Crippen LogP contribution in [0.3, 0.4) is 0 Å². The average Bonchev–Trinajstić information content (AvgIpc) is 3.03. The van der Waals surface area contributed by atoms with Gasteiger partial charge in [0.1, 0.15) is 0 Å². The van der Waals surface area contributed by atoms with E-state index in [1.165, 1.54) is 25.7 Å². The second-order valence-corrected chi connectivity index (χ2v) is 6.86. The lowest BCUT2D eigenvalue weighted by Crippen LogP contribution is -2.57. The SMILES string of the molecule is CCC(CC)(C(=O)N1CCN(C2CCCC2)CC1)C(N)=S. The van der Waals surface area contributed by atoms with Gasteiger partial charge >= 0.3 is 0 Å². The highest BCUT2D eigenvalue weighted by Gasteiger charge is 2.42. The van der Waals surface area contributed by atoms with Gasteiger partial charge in [0, 0.05) is 32.2 Å². The molecule has 0 unspecified atom stereocenters. The fourth-order valence-electron chi connectivity index (χ4n) is 3.87. The average molecular weight is 311 g/mol. The van der Waals surface area contributed by atoms with Crippen LogP contribution < -0.4 is 5.73 Å². The maximum atomic E-state index is 12.9. The van der Waals surface area contributed by atoms with E-state index in [0.717, 1.165) is 32.2 Å². The van der Waals surface area contributed by atoms with Crippen LogP contribution in [0.1, 0.15) is 52.4 Å². The predicted molar refractivity (Wildman–Crippen MR) is 90.2 cm³/mol. The zero-order chi connectivity index (χ0) is 15.5. The second kappa shape index (κ2) is 7.05. The summed E-state index contributed by atoms with van der Waals surface area (Å²) in [6.45, 7) is 7.65. The van der Waals surface area contributed by atoms with E-state index in [0.29, 0.717) is 17.8 Å². The fraction of sp³-hybridized carbons (Fsp3) is 0.875. The first-order chi connectivity index (χ1) is 10.0. The van der Waals surface area contributed by atoms with Crippen LogP contribution in [0.25, 0.3) is 0 Å². The summed E-state index contributed by atoms with van der Waals surface area (Å²) in [5.41, 5.74) is 5.27. The van der Waals surface area contributed by atoms with Gasteiger partial charge < -0.3 is 10.6 Å². The number of carbonyl (C=O) groups excluding carboxylic acids is 1. The zero-order valence-corrected chi connectivity index (χ0v) is 14.3. The summed E-state index contributed by atoms with van der Waals surface area (Å²) < 4.78 is 0. The number of nitrogens with zero attached hydrogens (tertiary/aromatic N) is 2. The van der Waals surface area contributed by atoms with Crippen molar-refractivity contribution in [2.75, 3.05) is 26.2 Å². The lowest BCUT2D eigenvalue weighted by atomic mass is 9.80. The molecule has 21 heavy (non-hydrogen) atoms. The maximum Gasteiger partial charge on any atom is 0.235 e. The zero-order valence-electron chi connectivity index (χ0n) is 13.4. The molecule has 0 bridgehead atoms. The van der Waals surface area contributed by atoms with E-state index in [2.05, 4.69) is 4.90 Å². The minimum atomic E-state index is -0.634. The molecule has 1 aliphatic carbocycles. The molecule has 1 aliphatic heterocycles. The third kappa shape index (κ3) is 3.24. The van der Waals surface area contributed by atoms with Crippen LogP contribution >= 0.6 is 12.2 Å². The van der Waals surface area contributed by atoms with E-state index >= 15 is 0 Å². The van der Waals surface area contributed by atoms with Gasteiger partial charge in [0.25, 0.3) is 0 Å². The Balaban J connectivity index is 1.97. The molecule has 120 valence electrons. The summed E-state index contributed by atoms with van der Waals surface area (Å²) in [6.07, 6.45) is 6.77. The Morgan fingerprint density at radius 3 is 2.10 bits per heavy atom. The van der Waals surface area contributed by atoms with Gasteiger partial charge in [0.2, 0.25) is 5.91 Å². The van der Waals surface area contributed by atoms with Crippen molar-refractivity contribution in [1.82, 2.24) is 9.80 Å². The molecule has 1 saturated carbocycles. The van der Waals surface area contributed by atoms with Crippen LogP contribution in [0.4, 0.5) is 0 Å². The number of rotatable bonds is 5. The van der Waals surface area contributed by atoms with E-state index in [9.17, 15) is 4.79 Å². The van der Waals surface area contributed by atoms with E-state index in [4.69, 9.17) is 18.0 Å². The van der Waals surface area contributed by atoms with Crippen molar-refractivity contribution in [3.05, 3.63) is 0 Å². The van der Waals surface area contributed by atoms with Gasteiger partial charge in [-0.2, -0.15) is 0 Å². The van der Waals surface area contributed by atoms with Gasteiger partial charge in [0.15, 0.2) is 0 Å². The summed E-state index contributed by atoms with van der Waals surface area (Å²) in [4.78, 5) is 17.8. The third-order valence-electron chi connectivity index (χ3n) is 5.53. The summed E-state index contributed by atoms with van der Waals surface area (Å²) in [6, 6.07) is 0.750. The van der Waals surface area contributed by atoms with Crippen molar-refractivity contribution in [2.24, 2.45) is 11.1 Å². The normalized spacial score (nSPS) is 21.7. The van der Waals surface area contributed by atoms with Crippen LogP contribution in [-0.2, 0) is 4.79 Å². The van der Waals surface area contributed by atoms with Crippen LogP contribution in [-0.4, -0.2) is 52.9 Å². The highest BCUT2D eigenvalue weighted by atomic mass is 32.1. The second-order valence-electron chi connectivity index (χ2n) is 6.42. The topological polar surface area (TPSA) is 49.6 Å². The first-order valence-electron chi connectivity index (χ1n) is 8.38. The minimum absolute atomic E-state index is 0.145. The third-order valence-corrected chi connectivity index (χ3v) is 5.92. The van der Waals surface area contributed by atoms with Gasteiger partial charge in [-0.15, -0.1) is 0 Å². The fourth-order valence-corrected chi connectivity index (χ4v) is 4.24. The summed E-state index contributed by atoms with van der Waals surface area (Å²) in [7, 11) is 0. The molecule has 1 heterocycles. The van der Waals surface area contributed by atoms with Crippen LogP contribution in [0.5, 0.6) is 0 Å². The molecule has 4 nitrogen and oxygen atoms in total. The van der Waals surface area contributed by atoms with Crippen molar-refractivity contribution in [3.63, 3.8) is 0 Å². The van der Waals surface area contributed by atoms with E-state index < -0.39 is 5.41 Å². The number of carbonyl (C=O) groups is 1. The smallest absolute Gasteiger partial charge is 0.235 e. The number of nitrogens with two attached hydrogens (primary N) is 1. The van der Waals surface area contributed by atoms with Crippen molar-refractivity contribution in [2.45, 2.75) is 58.4 Å². The molecule has 1 saturated heterocycles. The molecule has 0 radical (unpaired) electrons. The largest absolute Gasteiger partial charge is 0.392 e. The number of hydrogen-bond donors (Lipinski definition) is 1. The highest BCUT2D eigenvalue weighted by molar-refractivity contribution is 7.80. The van der Waals surface area contributed by atoms with Gasteiger partial charge in [-0.25, -0.2) is 0 Å². The molecule has 0 aromatic heterocycles. The van der Waals surface area contributed by atoms with Gasteiger partial charge in [-0.05, 0) is 25.7 Å². The molecule has 1 amide bonds. The molecular weight excluding hydrogens is 282 g/mol. The molecule has 2 fully saturated rings. The Labute approximate surface area is 134 Å². The number of hydrogen-bond acceptors (Lipinski definition) is 3. The van der Waals surface area contributed by atoms with Crippen molar-refractivity contribution in [3.8, 4) is 0 Å². The van der Waals surface area contributed by atoms with E-state index in [1.807, 2.05) is 18.7 Å². The molecule has 0 atom stereocenters. The minimum Gasteiger partial charge on any atom is -0.392 e. The van der Waals surface area contributed by atoms with Gasteiger partial charge in [-0.1, -0.05) is 38.9 Å². The lowest BCUT2D eigenvalue weighted by Gasteiger charge is -2.42. The predicted octanol–water partition coefficient (Wildman–Crippen LogP) is 2.17. The Bertz CT molecular complexity index is 381. The molecule has 2 aliphatic rings. The van der Waals surface area contributed by atoms with Crippen molar-refractivity contribution >= 4 is 23.1 Å². The Hall–Kier alpha value is -0.680. The van der Waals surface area contributed by atoms with Crippen LogP contribution in [0.15, 0.2) is 0 Å². The standard InChI is InChI=1S/C16H29N3OS/c1-3-16(4-2,14(17)21)15(20)19-11-9-18(10-12-19)13-7-5-6-8-13/h13H,3-12H2,1-2H3,(H2,17,21). The van der Waals surface area contributed by atoms with E-state index in [-0.39, 0.29) is 5.91 Å². The highest BCUT2D eigenvalue weighted by Crippen LogP contribution is 2.31. The Morgan fingerprint density at radius 2 is 1.67 bits per heavy atom. The molecule has 2 N–H and O–H groups in total. The van der Waals surface area contributed by atoms with E-state index in [1.54, 1.807) is 0 Å². The van der Waals surface area contributed by atoms with Crippen LogP contribution in [0.2, 0.25) is 0 Å².